The van der Waals surface area contributed by atoms with Gasteiger partial charge in [0.05, 0.1) is 4.92 Å². The molecule has 2 rings (SSSR count). The van der Waals surface area contributed by atoms with Crippen molar-refractivity contribution in [3.8, 4) is 0 Å². The molecule has 100 valence electrons. The van der Waals surface area contributed by atoms with Crippen LogP contribution in [0.2, 0.25) is 0 Å². The van der Waals surface area contributed by atoms with Crippen LogP contribution in [0.15, 0.2) is 11.4 Å². The van der Waals surface area contributed by atoms with Gasteiger partial charge in [-0.15, -0.1) is 0 Å². The molecular formula is C13H20N2O2S. The first-order valence-corrected chi connectivity index (χ1v) is 7.52. The number of nitrogens with one attached hydrogen (secondary N) is 1. The Hall–Kier alpha value is -0.940. The second kappa shape index (κ2) is 6.29. The van der Waals surface area contributed by atoms with Crippen molar-refractivity contribution in [1.82, 2.24) is 5.32 Å². The SMILES string of the molecule is CCC1CCC(NCc2csc([N+](=O)[O-])c2)CC1. The Morgan fingerprint density at radius 3 is 2.72 bits per heavy atom. The van der Waals surface area contributed by atoms with E-state index in [0.29, 0.717) is 6.04 Å². The predicted octanol–water partition coefficient (Wildman–Crippen LogP) is 3.71. The second-order valence-corrected chi connectivity index (χ2v) is 5.95. The summed E-state index contributed by atoms with van der Waals surface area (Å²) in [4.78, 5) is 10.3. The van der Waals surface area contributed by atoms with Crippen molar-refractivity contribution in [3.05, 3.63) is 27.1 Å². The van der Waals surface area contributed by atoms with E-state index in [9.17, 15) is 10.1 Å². The molecule has 0 bridgehead atoms. The van der Waals surface area contributed by atoms with Gasteiger partial charge in [-0.05, 0) is 37.2 Å². The highest BCUT2D eigenvalue weighted by molar-refractivity contribution is 7.13. The molecule has 4 nitrogen and oxygen atoms in total. The van der Waals surface area contributed by atoms with Crippen LogP contribution in [0.5, 0.6) is 0 Å². The van der Waals surface area contributed by atoms with Crippen molar-refractivity contribution in [1.29, 1.82) is 0 Å². The summed E-state index contributed by atoms with van der Waals surface area (Å²) in [6.45, 7) is 3.02. The van der Waals surface area contributed by atoms with Crippen molar-refractivity contribution in [2.24, 2.45) is 5.92 Å². The molecule has 1 aliphatic carbocycles. The fourth-order valence-electron chi connectivity index (χ4n) is 2.59. The molecule has 0 unspecified atom stereocenters. The summed E-state index contributed by atoms with van der Waals surface area (Å²) in [6, 6.07) is 2.27. The van der Waals surface area contributed by atoms with Crippen molar-refractivity contribution < 1.29 is 4.92 Å². The monoisotopic (exact) mass is 268 g/mol. The van der Waals surface area contributed by atoms with Gasteiger partial charge in [0, 0.05) is 24.0 Å². The molecule has 1 fully saturated rings. The van der Waals surface area contributed by atoms with Crippen LogP contribution in [-0.4, -0.2) is 11.0 Å². The van der Waals surface area contributed by atoms with Gasteiger partial charge in [-0.3, -0.25) is 10.1 Å². The lowest BCUT2D eigenvalue weighted by Gasteiger charge is -2.28. The second-order valence-electron chi connectivity index (χ2n) is 5.06. The largest absolute Gasteiger partial charge is 0.324 e. The fraction of sp³-hybridized carbons (Fsp3) is 0.692. The van der Waals surface area contributed by atoms with Crippen molar-refractivity contribution in [3.63, 3.8) is 0 Å². The Bertz CT molecular complexity index is 397. The molecule has 1 N–H and O–H groups in total. The highest BCUT2D eigenvalue weighted by Gasteiger charge is 2.19. The van der Waals surface area contributed by atoms with E-state index in [2.05, 4.69) is 12.2 Å². The molecule has 1 aromatic rings. The van der Waals surface area contributed by atoms with Crippen LogP contribution in [-0.2, 0) is 6.54 Å². The third-order valence-corrected chi connectivity index (χ3v) is 4.77. The van der Waals surface area contributed by atoms with Gasteiger partial charge in [-0.2, -0.15) is 0 Å². The zero-order valence-corrected chi connectivity index (χ0v) is 11.5. The minimum Gasteiger partial charge on any atom is -0.310 e. The Balaban J connectivity index is 1.76. The fourth-order valence-corrected chi connectivity index (χ4v) is 3.32. The molecule has 0 radical (unpaired) electrons. The van der Waals surface area contributed by atoms with Crippen molar-refractivity contribution in [2.75, 3.05) is 0 Å². The topological polar surface area (TPSA) is 55.2 Å². The molecular weight excluding hydrogens is 248 g/mol. The number of nitrogens with zero attached hydrogens (tertiary/aromatic N) is 1. The van der Waals surface area contributed by atoms with E-state index >= 15 is 0 Å². The number of hydrogen-bond acceptors (Lipinski definition) is 4. The summed E-state index contributed by atoms with van der Waals surface area (Å²) < 4.78 is 0. The van der Waals surface area contributed by atoms with Gasteiger partial charge in [-0.1, -0.05) is 24.7 Å². The zero-order valence-electron chi connectivity index (χ0n) is 10.7. The first-order valence-electron chi connectivity index (χ1n) is 6.64. The summed E-state index contributed by atoms with van der Waals surface area (Å²) in [5, 5.41) is 16.2. The van der Waals surface area contributed by atoms with E-state index in [-0.39, 0.29) is 9.92 Å². The molecule has 1 heterocycles. The average molecular weight is 268 g/mol. The molecule has 0 spiro atoms. The summed E-state index contributed by atoms with van der Waals surface area (Å²) >= 11 is 1.21. The molecule has 1 aliphatic rings. The van der Waals surface area contributed by atoms with Gasteiger partial charge >= 0.3 is 5.00 Å². The summed E-state index contributed by atoms with van der Waals surface area (Å²) in [5.74, 6) is 0.908. The summed E-state index contributed by atoms with van der Waals surface area (Å²) in [5.41, 5.74) is 1.03. The van der Waals surface area contributed by atoms with E-state index in [4.69, 9.17) is 0 Å². The smallest absolute Gasteiger partial charge is 0.310 e. The van der Waals surface area contributed by atoms with Crippen LogP contribution < -0.4 is 5.32 Å². The molecule has 5 heteroatoms. The molecule has 0 aliphatic heterocycles. The molecule has 0 amide bonds. The third-order valence-electron chi connectivity index (χ3n) is 3.84. The maximum absolute atomic E-state index is 10.6. The van der Waals surface area contributed by atoms with Gasteiger partial charge in [0.15, 0.2) is 0 Å². The Labute approximate surface area is 112 Å². The van der Waals surface area contributed by atoms with Gasteiger partial charge in [0.25, 0.3) is 0 Å². The Morgan fingerprint density at radius 1 is 1.44 bits per heavy atom. The van der Waals surface area contributed by atoms with Gasteiger partial charge < -0.3 is 5.32 Å². The van der Waals surface area contributed by atoms with Crippen LogP contribution in [0, 0.1) is 16.0 Å². The number of thiophene rings is 1. The minimum absolute atomic E-state index is 0.237. The summed E-state index contributed by atoms with van der Waals surface area (Å²) in [7, 11) is 0. The lowest BCUT2D eigenvalue weighted by molar-refractivity contribution is -0.380. The normalized spacial score (nSPS) is 24.1. The maximum atomic E-state index is 10.6. The standard InChI is InChI=1S/C13H20N2O2S/c1-2-10-3-5-12(6-4-10)14-8-11-7-13(15(16)17)18-9-11/h7,9-10,12,14H,2-6,8H2,1H3. The molecule has 0 atom stereocenters. The van der Waals surface area contributed by atoms with Crippen LogP contribution in [0.3, 0.4) is 0 Å². The van der Waals surface area contributed by atoms with Gasteiger partial charge in [0.2, 0.25) is 0 Å². The Kier molecular flexibility index (Phi) is 4.72. The van der Waals surface area contributed by atoms with Crippen LogP contribution in [0.4, 0.5) is 5.00 Å². The molecule has 0 aromatic carbocycles. The first kappa shape index (κ1) is 13.5. The average Bonchev–Trinajstić information content (AvgIpc) is 2.86. The van der Waals surface area contributed by atoms with E-state index in [0.717, 1.165) is 18.0 Å². The lowest BCUT2D eigenvalue weighted by atomic mass is 9.84. The summed E-state index contributed by atoms with van der Waals surface area (Å²) in [6.07, 6.45) is 6.41. The van der Waals surface area contributed by atoms with Crippen molar-refractivity contribution >= 4 is 16.3 Å². The Morgan fingerprint density at radius 2 is 2.17 bits per heavy atom. The molecule has 0 saturated heterocycles. The van der Waals surface area contributed by atoms with Gasteiger partial charge in [-0.25, -0.2) is 0 Å². The van der Waals surface area contributed by atoms with Crippen LogP contribution in [0.25, 0.3) is 0 Å². The zero-order chi connectivity index (χ0) is 13.0. The quantitative estimate of drug-likeness (QED) is 0.654. The lowest BCUT2D eigenvalue weighted by Crippen LogP contribution is -2.32. The van der Waals surface area contributed by atoms with E-state index < -0.39 is 0 Å². The molecule has 1 saturated carbocycles. The highest BCUT2D eigenvalue weighted by atomic mass is 32.1. The van der Waals surface area contributed by atoms with E-state index in [1.54, 1.807) is 6.07 Å². The molecule has 18 heavy (non-hydrogen) atoms. The third kappa shape index (κ3) is 3.53. The first-order chi connectivity index (χ1) is 8.69. The molecule has 1 aromatic heterocycles. The minimum atomic E-state index is -0.319. The maximum Gasteiger partial charge on any atom is 0.324 e. The van der Waals surface area contributed by atoms with Crippen LogP contribution in [0.1, 0.15) is 44.6 Å². The van der Waals surface area contributed by atoms with Gasteiger partial charge in [0.1, 0.15) is 0 Å². The number of rotatable bonds is 5. The van der Waals surface area contributed by atoms with Crippen molar-refractivity contribution in [2.45, 2.75) is 51.6 Å². The highest BCUT2D eigenvalue weighted by Crippen LogP contribution is 2.27. The number of hydrogen-bond donors (Lipinski definition) is 1. The van der Waals surface area contributed by atoms with Crippen LogP contribution >= 0.6 is 11.3 Å². The number of nitro groups is 1. The predicted molar refractivity (Wildman–Crippen MR) is 73.9 cm³/mol. The van der Waals surface area contributed by atoms with E-state index in [1.807, 2.05) is 5.38 Å². The van der Waals surface area contributed by atoms with E-state index in [1.165, 1.54) is 43.4 Å².